The second-order valence-electron chi connectivity index (χ2n) is 6.73. The van der Waals surface area contributed by atoms with Crippen LogP contribution in [0.5, 0.6) is 0 Å². The summed E-state index contributed by atoms with van der Waals surface area (Å²) in [6.45, 7) is 7.04. The van der Waals surface area contributed by atoms with E-state index >= 15 is 0 Å². The molecule has 0 saturated carbocycles. The molecule has 2 heterocycles. The average Bonchev–Trinajstić information content (AvgIpc) is 2.67. The maximum atomic E-state index is 6.61. The summed E-state index contributed by atoms with van der Waals surface area (Å²) < 4.78 is 13.2. The molecule has 0 radical (unpaired) electrons. The van der Waals surface area contributed by atoms with E-state index in [1.807, 2.05) is 11.8 Å². The van der Waals surface area contributed by atoms with Crippen LogP contribution in [-0.4, -0.2) is 31.8 Å². The van der Waals surface area contributed by atoms with Gasteiger partial charge in [-0.1, -0.05) is 50.0 Å². The normalized spacial score (nSPS) is 29.8. The van der Waals surface area contributed by atoms with Crippen LogP contribution in [0.15, 0.2) is 30.3 Å². The Morgan fingerprint density at radius 3 is 2.05 bits per heavy atom. The summed E-state index contributed by atoms with van der Waals surface area (Å²) in [5, 5.41) is 0. The fraction of sp³-hybridized carbons (Fsp3) is 0.625. The molecule has 0 N–H and O–H groups in total. The van der Waals surface area contributed by atoms with E-state index in [1.165, 1.54) is 17.1 Å². The Balaban J connectivity index is 1.98. The highest BCUT2D eigenvalue weighted by Gasteiger charge is 2.56. The summed E-state index contributed by atoms with van der Waals surface area (Å²) in [6.07, 6.45) is 2.79. The fourth-order valence-corrected chi connectivity index (χ4v) is 6.22. The second-order valence-corrected chi connectivity index (χ2v) is 13.1. The van der Waals surface area contributed by atoms with Crippen molar-refractivity contribution in [2.24, 2.45) is 0 Å². The van der Waals surface area contributed by atoms with Crippen LogP contribution < -0.4 is 0 Å². The first-order valence-corrected chi connectivity index (χ1v) is 12.2. The standard InChI is InChI=1S/C16H24O2SSi/c1-20(2,3)16(13-7-5-4-6-8-13)17-14-9-11-19-12-10-15(14)18-16/h4-8,14-15H,9-12H2,1-3H3/t14-,15-/m1/s1. The van der Waals surface area contributed by atoms with Crippen molar-refractivity contribution in [1.82, 2.24) is 0 Å². The molecule has 2 fully saturated rings. The van der Waals surface area contributed by atoms with E-state index in [9.17, 15) is 0 Å². The van der Waals surface area contributed by atoms with E-state index in [4.69, 9.17) is 9.47 Å². The van der Waals surface area contributed by atoms with Crippen molar-refractivity contribution in [3.8, 4) is 0 Å². The molecule has 4 heteroatoms. The number of hydrogen-bond donors (Lipinski definition) is 0. The van der Waals surface area contributed by atoms with Crippen molar-refractivity contribution in [1.29, 1.82) is 0 Å². The van der Waals surface area contributed by atoms with Gasteiger partial charge in [-0.25, -0.2) is 0 Å². The Hall–Kier alpha value is -0.293. The van der Waals surface area contributed by atoms with Crippen LogP contribution in [0.4, 0.5) is 0 Å². The molecule has 3 rings (SSSR count). The highest BCUT2D eigenvalue weighted by molar-refractivity contribution is 7.99. The Kier molecular flexibility index (Phi) is 4.01. The van der Waals surface area contributed by atoms with Gasteiger partial charge in [-0.3, -0.25) is 0 Å². The molecule has 0 unspecified atom stereocenters. The summed E-state index contributed by atoms with van der Waals surface area (Å²) >= 11 is 2.03. The number of thioether (sulfide) groups is 1. The maximum Gasteiger partial charge on any atom is 0.176 e. The van der Waals surface area contributed by atoms with Gasteiger partial charge in [0, 0.05) is 5.56 Å². The lowest BCUT2D eigenvalue weighted by Gasteiger charge is -2.39. The predicted octanol–water partition coefficient (Wildman–Crippen LogP) is 4.03. The van der Waals surface area contributed by atoms with Gasteiger partial charge in [0.1, 0.15) is 8.07 Å². The molecule has 2 aliphatic heterocycles. The third kappa shape index (κ3) is 2.47. The number of hydrogen-bond acceptors (Lipinski definition) is 3. The molecule has 2 nitrogen and oxygen atoms in total. The van der Waals surface area contributed by atoms with Crippen LogP contribution >= 0.6 is 11.8 Å². The van der Waals surface area contributed by atoms with Gasteiger partial charge < -0.3 is 9.47 Å². The molecule has 1 aromatic carbocycles. The Bertz CT molecular complexity index is 443. The zero-order chi connectivity index (χ0) is 14.2. The molecule has 2 atom stereocenters. The van der Waals surface area contributed by atoms with Gasteiger partial charge in [-0.15, -0.1) is 0 Å². The summed E-state index contributed by atoms with van der Waals surface area (Å²) in [6, 6.07) is 10.6. The van der Waals surface area contributed by atoms with Crippen molar-refractivity contribution < 1.29 is 9.47 Å². The first-order valence-electron chi connectivity index (χ1n) is 7.52. The van der Waals surface area contributed by atoms with Crippen LogP contribution in [0, 0.1) is 0 Å². The lowest BCUT2D eigenvalue weighted by atomic mass is 10.1. The third-order valence-electron chi connectivity index (χ3n) is 4.28. The minimum atomic E-state index is -1.67. The SMILES string of the molecule is C[Si](C)(C)C1(c2ccccc2)O[C@@H]2CCSCC[C@H]2O1. The van der Waals surface area contributed by atoms with Crippen molar-refractivity contribution in [2.75, 3.05) is 11.5 Å². The van der Waals surface area contributed by atoms with E-state index < -0.39 is 13.5 Å². The lowest BCUT2D eigenvalue weighted by Crippen LogP contribution is -2.51. The highest BCUT2D eigenvalue weighted by Crippen LogP contribution is 2.47. The Labute approximate surface area is 127 Å². The van der Waals surface area contributed by atoms with E-state index in [-0.39, 0.29) is 12.2 Å². The van der Waals surface area contributed by atoms with Crippen molar-refractivity contribution >= 4 is 19.8 Å². The van der Waals surface area contributed by atoms with Gasteiger partial charge in [0.2, 0.25) is 0 Å². The van der Waals surface area contributed by atoms with Crippen LogP contribution in [-0.2, 0) is 14.9 Å². The maximum absolute atomic E-state index is 6.61. The van der Waals surface area contributed by atoms with Crippen LogP contribution in [0.3, 0.4) is 0 Å². The zero-order valence-corrected chi connectivity index (χ0v) is 14.4. The topological polar surface area (TPSA) is 18.5 Å². The summed E-state index contributed by atoms with van der Waals surface area (Å²) in [4.78, 5) is 0. The number of fused-ring (bicyclic) bond motifs is 1. The number of rotatable bonds is 2. The number of benzene rings is 1. The minimum Gasteiger partial charge on any atom is -0.344 e. The molecule has 0 spiro atoms. The molecule has 110 valence electrons. The second kappa shape index (κ2) is 5.48. The van der Waals surface area contributed by atoms with Gasteiger partial charge in [0.25, 0.3) is 0 Å². The molecule has 20 heavy (non-hydrogen) atoms. The van der Waals surface area contributed by atoms with E-state index in [2.05, 4.69) is 50.0 Å². The monoisotopic (exact) mass is 308 g/mol. The third-order valence-corrected chi connectivity index (χ3v) is 7.83. The average molecular weight is 309 g/mol. The Morgan fingerprint density at radius 2 is 1.55 bits per heavy atom. The van der Waals surface area contributed by atoms with E-state index in [0.29, 0.717) is 0 Å². The zero-order valence-electron chi connectivity index (χ0n) is 12.6. The minimum absolute atomic E-state index is 0.275. The van der Waals surface area contributed by atoms with Crippen molar-refractivity contribution in [3.63, 3.8) is 0 Å². The van der Waals surface area contributed by atoms with E-state index in [1.54, 1.807) is 0 Å². The lowest BCUT2D eigenvalue weighted by molar-refractivity contribution is -0.123. The van der Waals surface area contributed by atoms with Gasteiger partial charge >= 0.3 is 0 Å². The molecule has 0 amide bonds. The smallest absolute Gasteiger partial charge is 0.176 e. The van der Waals surface area contributed by atoms with Gasteiger partial charge in [-0.05, 0) is 24.3 Å². The largest absolute Gasteiger partial charge is 0.344 e. The van der Waals surface area contributed by atoms with Gasteiger partial charge in [-0.2, -0.15) is 11.8 Å². The molecule has 0 bridgehead atoms. The van der Waals surface area contributed by atoms with Crippen LogP contribution in [0.25, 0.3) is 0 Å². The molecular formula is C16H24O2SSi. The molecule has 2 aliphatic rings. The summed E-state index contributed by atoms with van der Waals surface area (Å²) in [7, 11) is -1.67. The van der Waals surface area contributed by atoms with Crippen molar-refractivity contribution in [2.45, 2.75) is 50.1 Å². The molecule has 0 aliphatic carbocycles. The number of ether oxygens (including phenoxy) is 2. The van der Waals surface area contributed by atoms with Gasteiger partial charge in [0.05, 0.1) is 12.2 Å². The molecule has 0 aromatic heterocycles. The van der Waals surface area contributed by atoms with Crippen LogP contribution in [0.1, 0.15) is 18.4 Å². The quantitative estimate of drug-likeness (QED) is 0.769. The molecule has 1 aromatic rings. The summed E-state index contributed by atoms with van der Waals surface area (Å²) in [5.41, 5.74) is 0.742. The first-order chi connectivity index (χ1) is 9.53. The highest BCUT2D eigenvalue weighted by atomic mass is 32.2. The summed E-state index contributed by atoms with van der Waals surface area (Å²) in [5.74, 6) is 2.39. The fourth-order valence-electron chi connectivity index (χ4n) is 3.18. The van der Waals surface area contributed by atoms with Crippen LogP contribution in [0.2, 0.25) is 19.6 Å². The molecular weight excluding hydrogens is 284 g/mol. The molecule has 2 saturated heterocycles. The first kappa shape index (κ1) is 14.6. The van der Waals surface area contributed by atoms with Gasteiger partial charge in [0.15, 0.2) is 5.41 Å². The predicted molar refractivity (Wildman–Crippen MR) is 87.8 cm³/mol. The van der Waals surface area contributed by atoms with Crippen molar-refractivity contribution in [3.05, 3.63) is 35.9 Å². The van der Waals surface area contributed by atoms with E-state index in [0.717, 1.165) is 12.8 Å². The Morgan fingerprint density at radius 1 is 1.00 bits per heavy atom.